The van der Waals surface area contributed by atoms with Crippen LogP contribution in [0.3, 0.4) is 0 Å². The lowest BCUT2D eigenvalue weighted by atomic mass is 9.70. The molecule has 2 aromatic rings. The van der Waals surface area contributed by atoms with Crippen LogP contribution >= 0.6 is 0 Å². The number of amides is 1. The van der Waals surface area contributed by atoms with Crippen LogP contribution in [0.15, 0.2) is 24.3 Å². The number of nitrogens with zero attached hydrogens (tertiary/aromatic N) is 2. The molecule has 3 rings (SSSR count). The van der Waals surface area contributed by atoms with E-state index in [1.807, 2.05) is 30.7 Å². The first-order valence-electron chi connectivity index (χ1n) is 9.45. The predicted octanol–water partition coefficient (Wildman–Crippen LogP) is 3.43. The SMILES string of the molecule is Cc1nn(-c2ccc(C(=O)NCC3(C)CCC3)cc2)c(C)c1CCC(=O)O. The summed E-state index contributed by atoms with van der Waals surface area (Å²) < 4.78 is 1.81. The molecule has 1 aromatic heterocycles. The summed E-state index contributed by atoms with van der Waals surface area (Å²) in [5.74, 6) is -0.863. The topological polar surface area (TPSA) is 84.2 Å². The van der Waals surface area contributed by atoms with Crippen molar-refractivity contribution < 1.29 is 14.7 Å². The number of aryl methyl sites for hydroxylation is 1. The number of carbonyl (C=O) groups is 2. The Bertz CT molecular complexity index is 848. The summed E-state index contributed by atoms with van der Waals surface area (Å²) in [5.41, 5.74) is 4.49. The average Bonchev–Trinajstić information content (AvgIpc) is 2.90. The number of nitrogens with one attached hydrogen (secondary N) is 1. The van der Waals surface area contributed by atoms with Gasteiger partial charge >= 0.3 is 5.97 Å². The van der Waals surface area contributed by atoms with E-state index in [0.717, 1.165) is 29.2 Å². The zero-order valence-corrected chi connectivity index (χ0v) is 16.2. The maximum Gasteiger partial charge on any atom is 0.303 e. The molecule has 0 aliphatic heterocycles. The predicted molar refractivity (Wildman–Crippen MR) is 103 cm³/mol. The maximum atomic E-state index is 12.4. The lowest BCUT2D eigenvalue weighted by molar-refractivity contribution is -0.136. The summed E-state index contributed by atoms with van der Waals surface area (Å²) in [6.45, 7) is 6.77. The molecule has 27 heavy (non-hydrogen) atoms. The zero-order chi connectivity index (χ0) is 19.6. The highest BCUT2D eigenvalue weighted by molar-refractivity contribution is 5.94. The van der Waals surface area contributed by atoms with Crippen molar-refractivity contribution >= 4 is 11.9 Å². The van der Waals surface area contributed by atoms with Gasteiger partial charge in [0, 0.05) is 24.2 Å². The number of hydrogen-bond acceptors (Lipinski definition) is 3. The highest BCUT2D eigenvalue weighted by Crippen LogP contribution is 2.39. The van der Waals surface area contributed by atoms with Gasteiger partial charge in [-0.05, 0) is 68.4 Å². The second kappa shape index (κ2) is 7.55. The highest BCUT2D eigenvalue weighted by atomic mass is 16.4. The van der Waals surface area contributed by atoms with Gasteiger partial charge in [-0.2, -0.15) is 5.10 Å². The Kier molecular flexibility index (Phi) is 5.35. The molecule has 1 heterocycles. The van der Waals surface area contributed by atoms with E-state index in [4.69, 9.17) is 5.11 Å². The van der Waals surface area contributed by atoms with Crippen molar-refractivity contribution in [3.05, 3.63) is 46.8 Å². The van der Waals surface area contributed by atoms with Crippen LogP contribution in [0.2, 0.25) is 0 Å². The van der Waals surface area contributed by atoms with Gasteiger partial charge in [0.25, 0.3) is 5.91 Å². The van der Waals surface area contributed by atoms with Gasteiger partial charge in [-0.3, -0.25) is 9.59 Å². The molecule has 1 aliphatic rings. The average molecular weight is 369 g/mol. The van der Waals surface area contributed by atoms with E-state index in [1.165, 1.54) is 19.3 Å². The van der Waals surface area contributed by atoms with Crippen molar-refractivity contribution in [3.8, 4) is 5.69 Å². The molecule has 6 nitrogen and oxygen atoms in total. The summed E-state index contributed by atoms with van der Waals surface area (Å²) in [7, 11) is 0. The van der Waals surface area contributed by atoms with Crippen LogP contribution in [0.4, 0.5) is 0 Å². The minimum atomic E-state index is -0.812. The number of hydrogen-bond donors (Lipinski definition) is 2. The Morgan fingerprint density at radius 3 is 2.44 bits per heavy atom. The van der Waals surface area contributed by atoms with Gasteiger partial charge in [0.05, 0.1) is 11.4 Å². The van der Waals surface area contributed by atoms with Crippen LogP contribution in [0.25, 0.3) is 5.69 Å². The zero-order valence-electron chi connectivity index (χ0n) is 16.2. The van der Waals surface area contributed by atoms with E-state index in [0.29, 0.717) is 12.0 Å². The molecule has 0 spiro atoms. The third-order valence-electron chi connectivity index (χ3n) is 5.64. The molecular weight excluding hydrogens is 342 g/mol. The molecular formula is C21H27N3O3. The molecule has 0 atom stereocenters. The van der Waals surface area contributed by atoms with Crippen molar-refractivity contribution in [2.75, 3.05) is 6.54 Å². The minimum Gasteiger partial charge on any atom is -0.481 e. The van der Waals surface area contributed by atoms with Gasteiger partial charge in [-0.1, -0.05) is 13.3 Å². The molecule has 0 radical (unpaired) electrons. The molecule has 1 aliphatic carbocycles. The number of rotatable bonds is 7. The minimum absolute atomic E-state index is 0.0507. The van der Waals surface area contributed by atoms with Gasteiger partial charge in [0.2, 0.25) is 0 Å². The van der Waals surface area contributed by atoms with Crippen LogP contribution in [0.5, 0.6) is 0 Å². The molecule has 0 unspecified atom stereocenters. The number of carbonyl (C=O) groups excluding carboxylic acids is 1. The van der Waals surface area contributed by atoms with Crippen molar-refractivity contribution in [1.29, 1.82) is 0 Å². The van der Waals surface area contributed by atoms with E-state index in [9.17, 15) is 9.59 Å². The summed E-state index contributed by atoms with van der Waals surface area (Å²) in [6, 6.07) is 7.36. The van der Waals surface area contributed by atoms with Crippen molar-refractivity contribution in [3.63, 3.8) is 0 Å². The molecule has 0 saturated heterocycles. The van der Waals surface area contributed by atoms with E-state index in [2.05, 4.69) is 17.3 Å². The molecule has 1 saturated carbocycles. The second-order valence-corrected chi connectivity index (χ2v) is 7.85. The lowest BCUT2D eigenvalue weighted by Crippen LogP contribution is -2.39. The van der Waals surface area contributed by atoms with E-state index in [-0.39, 0.29) is 17.7 Å². The van der Waals surface area contributed by atoms with Gasteiger partial charge in [0.15, 0.2) is 0 Å². The first-order chi connectivity index (χ1) is 12.8. The summed E-state index contributed by atoms with van der Waals surface area (Å²) in [6.07, 6.45) is 4.15. The Morgan fingerprint density at radius 1 is 1.22 bits per heavy atom. The summed E-state index contributed by atoms with van der Waals surface area (Å²) >= 11 is 0. The number of carboxylic acid groups (broad SMARTS) is 1. The fraction of sp³-hybridized carbons (Fsp3) is 0.476. The van der Waals surface area contributed by atoms with Crippen molar-refractivity contribution in [2.24, 2.45) is 5.41 Å². The quantitative estimate of drug-likeness (QED) is 0.783. The number of carboxylic acids is 1. The number of benzene rings is 1. The molecule has 0 bridgehead atoms. The third-order valence-corrected chi connectivity index (χ3v) is 5.64. The third kappa shape index (κ3) is 4.21. The Hall–Kier alpha value is -2.63. The molecule has 1 amide bonds. The molecule has 6 heteroatoms. The van der Waals surface area contributed by atoms with Gasteiger partial charge in [-0.15, -0.1) is 0 Å². The molecule has 2 N–H and O–H groups in total. The van der Waals surface area contributed by atoms with Crippen LogP contribution in [-0.4, -0.2) is 33.3 Å². The fourth-order valence-electron chi connectivity index (χ4n) is 3.63. The summed E-state index contributed by atoms with van der Waals surface area (Å²) in [5, 5.41) is 16.5. The lowest BCUT2D eigenvalue weighted by Gasteiger charge is -2.38. The van der Waals surface area contributed by atoms with Crippen LogP contribution in [0, 0.1) is 19.3 Å². The standard InChI is InChI=1S/C21H27N3O3/c1-14-18(9-10-19(25)26)15(2)24(23-14)17-7-5-16(6-8-17)20(27)22-13-21(3)11-4-12-21/h5-8H,4,9-13H2,1-3H3,(H,22,27)(H,25,26). The molecule has 1 aromatic carbocycles. The number of aromatic nitrogens is 2. The van der Waals surface area contributed by atoms with Gasteiger partial charge in [-0.25, -0.2) is 4.68 Å². The smallest absolute Gasteiger partial charge is 0.303 e. The first kappa shape index (κ1) is 19.1. The number of aliphatic carboxylic acids is 1. The monoisotopic (exact) mass is 369 g/mol. The first-order valence-corrected chi connectivity index (χ1v) is 9.45. The van der Waals surface area contributed by atoms with E-state index >= 15 is 0 Å². The largest absolute Gasteiger partial charge is 0.481 e. The molecule has 144 valence electrons. The Labute approximate surface area is 159 Å². The van der Waals surface area contributed by atoms with Crippen LogP contribution in [0.1, 0.15) is 59.9 Å². The Morgan fingerprint density at radius 2 is 1.89 bits per heavy atom. The van der Waals surface area contributed by atoms with Crippen molar-refractivity contribution in [1.82, 2.24) is 15.1 Å². The van der Waals surface area contributed by atoms with E-state index < -0.39 is 5.97 Å². The molecule has 1 fully saturated rings. The summed E-state index contributed by atoms with van der Waals surface area (Å²) in [4.78, 5) is 23.2. The second-order valence-electron chi connectivity index (χ2n) is 7.85. The fourth-order valence-corrected chi connectivity index (χ4v) is 3.63. The Balaban J connectivity index is 1.70. The normalized spacial score (nSPS) is 15.2. The maximum absolute atomic E-state index is 12.4. The highest BCUT2D eigenvalue weighted by Gasteiger charge is 2.31. The van der Waals surface area contributed by atoms with Gasteiger partial charge < -0.3 is 10.4 Å². The van der Waals surface area contributed by atoms with Crippen LogP contribution in [-0.2, 0) is 11.2 Å². The van der Waals surface area contributed by atoms with Crippen LogP contribution < -0.4 is 5.32 Å². The van der Waals surface area contributed by atoms with Gasteiger partial charge in [0.1, 0.15) is 0 Å². The van der Waals surface area contributed by atoms with E-state index in [1.54, 1.807) is 12.1 Å². The van der Waals surface area contributed by atoms with Crippen molar-refractivity contribution in [2.45, 2.75) is 52.9 Å².